The first kappa shape index (κ1) is 27.8. The number of carbonyl (C=O) groups is 1. The van der Waals surface area contributed by atoms with E-state index in [4.69, 9.17) is 14.2 Å². The van der Waals surface area contributed by atoms with Crippen molar-refractivity contribution in [1.82, 2.24) is 4.90 Å². The molecule has 1 heterocycles. The molecule has 0 saturated carbocycles. The molecule has 1 aliphatic heterocycles. The molecule has 0 aromatic heterocycles. The van der Waals surface area contributed by atoms with Crippen LogP contribution in [0.5, 0.6) is 0 Å². The largest absolute Gasteiger partial charge is 0.375 e. The lowest BCUT2D eigenvalue weighted by Gasteiger charge is -2.30. The SMILES string of the molecule is C=CCCC[C@@H]1[C@@H](OCc2ccccc2)[C@H](OCc2ccccc2)[C@@H](COCc2ccccc2)N1C(C)=O. The molecule has 4 rings (SSSR count). The van der Waals surface area contributed by atoms with Gasteiger partial charge in [-0.15, -0.1) is 6.58 Å². The van der Waals surface area contributed by atoms with Gasteiger partial charge in [0.2, 0.25) is 5.91 Å². The number of ether oxygens (including phenoxy) is 3. The standard InChI is InChI=1S/C33H39NO4/c1-3-4-8-21-30-32(37-23-28-17-11-6-12-18-28)33(38-24-29-19-13-7-14-20-29)31(34(30)26(2)35)25-36-22-27-15-9-5-10-16-27/h3,5-7,9-20,30-33H,1,4,8,21-25H2,2H3/t30-,31-,32-,33-/m1/s1. The Morgan fingerprint density at radius 3 is 1.71 bits per heavy atom. The summed E-state index contributed by atoms with van der Waals surface area (Å²) in [4.78, 5) is 15.1. The van der Waals surface area contributed by atoms with Crippen LogP contribution in [-0.2, 0) is 38.8 Å². The molecule has 0 radical (unpaired) electrons. The van der Waals surface area contributed by atoms with Crippen LogP contribution in [0.2, 0.25) is 0 Å². The van der Waals surface area contributed by atoms with Gasteiger partial charge in [-0.2, -0.15) is 0 Å². The van der Waals surface area contributed by atoms with Crippen LogP contribution >= 0.6 is 0 Å². The monoisotopic (exact) mass is 513 g/mol. The van der Waals surface area contributed by atoms with Crippen LogP contribution in [0, 0.1) is 0 Å². The zero-order chi connectivity index (χ0) is 26.6. The van der Waals surface area contributed by atoms with Crippen molar-refractivity contribution in [2.45, 2.75) is 70.3 Å². The number of allylic oxidation sites excluding steroid dienone is 1. The zero-order valence-electron chi connectivity index (χ0n) is 22.3. The quantitative estimate of drug-likeness (QED) is 0.187. The number of carbonyl (C=O) groups excluding carboxylic acids is 1. The van der Waals surface area contributed by atoms with Gasteiger partial charge in [-0.3, -0.25) is 4.79 Å². The molecule has 5 nitrogen and oxygen atoms in total. The summed E-state index contributed by atoms with van der Waals surface area (Å²) in [5, 5.41) is 0. The van der Waals surface area contributed by atoms with Crippen molar-refractivity contribution in [3.8, 4) is 0 Å². The minimum atomic E-state index is -0.327. The summed E-state index contributed by atoms with van der Waals surface area (Å²) in [5.41, 5.74) is 3.28. The molecule has 0 bridgehead atoms. The fourth-order valence-electron chi connectivity index (χ4n) is 5.23. The van der Waals surface area contributed by atoms with E-state index in [9.17, 15) is 4.79 Å². The maximum Gasteiger partial charge on any atom is 0.220 e. The van der Waals surface area contributed by atoms with E-state index in [-0.39, 0.29) is 30.2 Å². The smallest absolute Gasteiger partial charge is 0.220 e. The number of nitrogens with zero attached hydrogens (tertiary/aromatic N) is 1. The molecule has 3 aromatic rings. The maximum absolute atomic E-state index is 13.1. The zero-order valence-corrected chi connectivity index (χ0v) is 22.3. The van der Waals surface area contributed by atoms with Crippen LogP contribution in [0.3, 0.4) is 0 Å². The highest BCUT2D eigenvalue weighted by Crippen LogP contribution is 2.34. The van der Waals surface area contributed by atoms with Crippen molar-refractivity contribution in [3.63, 3.8) is 0 Å². The van der Waals surface area contributed by atoms with Crippen molar-refractivity contribution >= 4 is 5.91 Å². The predicted molar refractivity (Wildman–Crippen MR) is 150 cm³/mol. The molecule has 1 amide bonds. The van der Waals surface area contributed by atoms with Crippen LogP contribution in [0.15, 0.2) is 104 Å². The molecular formula is C33H39NO4. The third kappa shape index (κ3) is 7.64. The number of unbranched alkanes of at least 4 members (excludes halogenated alkanes) is 1. The fraction of sp³-hybridized carbons (Fsp3) is 0.364. The maximum atomic E-state index is 13.1. The number of benzene rings is 3. The summed E-state index contributed by atoms with van der Waals surface area (Å²) in [6, 6.07) is 30.0. The lowest BCUT2D eigenvalue weighted by Crippen LogP contribution is -2.45. The van der Waals surface area contributed by atoms with Crippen LogP contribution in [0.1, 0.15) is 42.9 Å². The molecule has 0 N–H and O–H groups in total. The van der Waals surface area contributed by atoms with Gasteiger partial charge in [-0.25, -0.2) is 0 Å². The van der Waals surface area contributed by atoms with Crippen LogP contribution in [0.4, 0.5) is 0 Å². The molecule has 3 aromatic carbocycles. The summed E-state index contributed by atoms with van der Waals surface area (Å²) in [7, 11) is 0. The average Bonchev–Trinajstić information content (AvgIpc) is 3.24. The van der Waals surface area contributed by atoms with E-state index in [1.165, 1.54) is 0 Å². The van der Waals surface area contributed by atoms with Gasteiger partial charge < -0.3 is 19.1 Å². The molecule has 38 heavy (non-hydrogen) atoms. The minimum absolute atomic E-state index is 0.0148. The minimum Gasteiger partial charge on any atom is -0.375 e. The topological polar surface area (TPSA) is 48.0 Å². The van der Waals surface area contributed by atoms with E-state index >= 15 is 0 Å². The van der Waals surface area contributed by atoms with E-state index < -0.39 is 0 Å². The van der Waals surface area contributed by atoms with Gasteiger partial charge in [0.25, 0.3) is 0 Å². The first-order valence-electron chi connectivity index (χ1n) is 13.5. The Morgan fingerprint density at radius 2 is 1.24 bits per heavy atom. The van der Waals surface area contributed by atoms with Gasteiger partial charge >= 0.3 is 0 Å². The van der Waals surface area contributed by atoms with E-state index in [1.54, 1.807) is 6.92 Å². The highest BCUT2D eigenvalue weighted by atomic mass is 16.5. The second-order valence-electron chi connectivity index (χ2n) is 9.80. The Hall–Kier alpha value is -3.25. The summed E-state index contributed by atoms with van der Waals surface area (Å²) in [5.74, 6) is 0.0148. The van der Waals surface area contributed by atoms with Crippen LogP contribution in [-0.4, -0.2) is 41.7 Å². The molecular weight excluding hydrogens is 474 g/mol. The van der Waals surface area contributed by atoms with E-state index in [1.807, 2.05) is 77.7 Å². The molecule has 1 aliphatic rings. The Labute approximate surface area is 227 Å². The molecule has 1 fully saturated rings. The fourth-order valence-corrected chi connectivity index (χ4v) is 5.23. The number of hydrogen-bond donors (Lipinski definition) is 0. The number of amides is 1. The first-order valence-corrected chi connectivity index (χ1v) is 13.5. The number of hydrogen-bond acceptors (Lipinski definition) is 4. The summed E-state index contributed by atoms with van der Waals surface area (Å²) in [6.45, 7) is 7.26. The highest BCUT2D eigenvalue weighted by Gasteiger charge is 2.51. The summed E-state index contributed by atoms with van der Waals surface area (Å²) in [6.07, 6.45) is 3.94. The van der Waals surface area contributed by atoms with Gasteiger partial charge in [0, 0.05) is 6.92 Å². The summed E-state index contributed by atoms with van der Waals surface area (Å²) >= 11 is 0. The molecule has 0 spiro atoms. The van der Waals surface area contributed by atoms with E-state index in [0.29, 0.717) is 26.4 Å². The second kappa shape index (κ2) is 14.6. The van der Waals surface area contributed by atoms with E-state index in [2.05, 4.69) is 30.8 Å². The molecule has 200 valence electrons. The van der Waals surface area contributed by atoms with Gasteiger partial charge in [0.05, 0.1) is 38.5 Å². The van der Waals surface area contributed by atoms with Crippen molar-refractivity contribution < 1.29 is 19.0 Å². The summed E-state index contributed by atoms with van der Waals surface area (Å²) < 4.78 is 19.4. The van der Waals surface area contributed by atoms with Crippen LogP contribution < -0.4 is 0 Å². The highest BCUT2D eigenvalue weighted by molar-refractivity contribution is 5.74. The third-order valence-electron chi connectivity index (χ3n) is 7.04. The predicted octanol–water partition coefficient (Wildman–Crippen LogP) is 6.33. The Balaban J connectivity index is 1.58. The van der Waals surface area contributed by atoms with Crippen molar-refractivity contribution in [2.75, 3.05) is 6.61 Å². The first-order chi connectivity index (χ1) is 18.7. The van der Waals surface area contributed by atoms with E-state index in [0.717, 1.165) is 36.0 Å². The molecule has 0 aliphatic carbocycles. The molecule has 1 saturated heterocycles. The average molecular weight is 514 g/mol. The molecule has 0 unspecified atom stereocenters. The number of rotatable bonds is 14. The van der Waals surface area contributed by atoms with Gasteiger partial charge in [0.1, 0.15) is 12.2 Å². The second-order valence-corrected chi connectivity index (χ2v) is 9.80. The van der Waals surface area contributed by atoms with Crippen LogP contribution in [0.25, 0.3) is 0 Å². The number of likely N-dealkylation sites (tertiary alicyclic amines) is 1. The molecule has 5 heteroatoms. The van der Waals surface area contributed by atoms with Gasteiger partial charge in [0.15, 0.2) is 0 Å². The Morgan fingerprint density at radius 1 is 0.763 bits per heavy atom. The Bertz CT molecular complexity index is 1110. The third-order valence-corrected chi connectivity index (χ3v) is 7.04. The van der Waals surface area contributed by atoms with Crippen molar-refractivity contribution in [3.05, 3.63) is 120 Å². The van der Waals surface area contributed by atoms with Crippen molar-refractivity contribution in [1.29, 1.82) is 0 Å². The lowest BCUT2D eigenvalue weighted by atomic mass is 10.0. The molecule has 4 atom stereocenters. The van der Waals surface area contributed by atoms with Gasteiger partial charge in [-0.05, 0) is 36.0 Å². The van der Waals surface area contributed by atoms with Gasteiger partial charge in [-0.1, -0.05) is 97.1 Å². The Kier molecular flexibility index (Phi) is 10.7. The lowest BCUT2D eigenvalue weighted by molar-refractivity contribution is -0.135. The normalized spacial score (nSPS) is 20.9. The van der Waals surface area contributed by atoms with Crippen molar-refractivity contribution in [2.24, 2.45) is 0 Å².